The number of aryl methyl sites for hydroxylation is 3. The number of hydrogen-bond acceptors (Lipinski definition) is 11. The summed E-state index contributed by atoms with van der Waals surface area (Å²) in [6, 6.07) is 22.2. The van der Waals surface area contributed by atoms with Crippen molar-refractivity contribution in [2.24, 2.45) is 0 Å². The molecule has 4 heterocycles. The van der Waals surface area contributed by atoms with Crippen LogP contribution in [0.15, 0.2) is 110 Å². The minimum absolute atomic E-state index is 0.137. The molecule has 0 aliphatic heterocycles. The highest BCUT2D eigenvalue weighted by Crippen LogP contribution is 2.47. The highest BCUT2D eigenvalue weighted by molar-refractivity contribution is 6.24. The van der Waals surface area contributed by atoms with Crippen LogP contribution < -0.4 is 36.7 Å². The predicted octanol–water partition coefficient (Wildman–Crippen LogP) is 10.1. The van der Waals surface area contributed by atoms with Gasteiger partial charge < -0.3 is 31.9 Å². The van der Waals surface area contributed by atoms with Crippen LogP contribution in [0.1, 0.15) is 23.6 Å². The Labute approximate surface area is 337 Å². The second kappa shape index (κ2) is 12.4. The summed E-state index contributed by atoms with van der Waals surface area (Å²) in [7, 11) is 4.48. The van der Waals surface area contributed by atoms with Crippen LogP contribution in [0.2, 0.25) is 0 Å². The molecule has 0 atom stereocenters. The molecule has 0 amide bonds. The van der Waals surface area contributed by atoms with Crippen molar-refractivity contribution < 1.29 is 31.9 Å². The van der Waals surface area contributed by atoms with Crippen LogP contribution in [0.5, 0.6) is 17.2 Å². The maximum Gasteiger partial charge on any atom is 0.344 e. The van der Waals surface area contributed by atoms with E-state index in [1.54, 1.807) is 36.4 Å². The predicted molar refractivity (Wildman–Crippen MR) is 232 cm³/mol. The fourth-order valence-electron chi connectivity index (χ4n) is 9.32. The average Bonchev–Trinajstić information content (AvgIpc) is 3.26. The number of benzene rings is 7. The van der Waals surface area contributed by atoms with Gasteiger partial charge in [-0.1, -0.05) is 37.3 Å². The van der Waals surface area contributed by atoms with Crippen molar-refractivity contribution in [3.63, 3.8) is 0 Å². The monoisotopic (exact) mass is 796 g/mol. The van der Waals surface area contributed by atoms with Gasteiger partial charge in [0.1, 0.15) is 5.58 Å². The Balaban J connectivity index is 1.12. The van der Waals surface area contributed by atoms with Crippen LogP contribution in [-0.4, -0.2) is 21.3 Å². The molecule has 0 aliphatic carbocycles. The van der Waals surface area contributed by atoms with Gasteiger partial charge in [-0.2, -0.15) is 0 Å². The molecule has 0 aliphatic rings. The third-order valence-electron chi connectivity index (χ3n) is 12.3. The van der Waals surface area contributed by atoms with Crippen LogP contribution in [0.25, 0.3) is 109 Å². The molecule has 4 aromatic heterocycles. The first-order chi connectivity index (χ1) is 29.1. The van der Waals surface area contributed by atoms with Gasteiger partial charge in [-0.05, 0) is 112 Å². The highest BCUT2D eigenvalue weighted by Gasteiger charge is 2.27. The third-order valence-corrected chi connectivity index (χ3v) is 12.3. The van der Waals surface area contributed by atoms with E-state index in [0.717, 1.165) is 49.4 Å². The first-order valence-corrected chi connectivity index (χ1v) is 19.3. The van der Waals surface area contributed by atoms with Gasteiger partial charge in [0.05, 0.1) is 42.9 Å². The van der Waals surface area contributed by atoms with Gasteiger partial charge in [0.25, 0.3) is 0 Å². The molecule has 294 valence electrons. The number of methoxy groups -OCH3 is 3. The minimum atomic E-state index is -0.610. The first-order valence-electron chi connectivity index (χ1n) is 19.3. The van der Waals surface area contributed by atoms with Crippen molar-refractivity contribution in [1.82, 2.24) is 0 Å². The second-order valence-electron chi connectivity index (χ2n) is 15.1. The zero-order chi connectivity index (χ0) is 41.5. The van der Waals surface area contributed by atoms with E-state index < -0.39 is 22.5 Å². The summed E-state index contributed by atoms with van der Waals surface area (Å²) in [6.45, 7) is 6.06. The molecule has 11 heteroatoms. The molecule has 11 rings (SSSR count). The Hall–Kier alpha value is -7.66. The summed E-state index contributed by atoms with van der Waals surface area (Å²) in [5, 5.41) is 6.86. The van der Waals surface area contributed by atoms with Crippen molar-refractivity contribution in [2.75, 3.05) is 21.3 Å². The minimum Gasteiger partial charge on any atom is -0.493 e. The van der Waals surface area contributed by atoms with Crippen LogP contribution in [0.3, 0.4) is 0 Å². The summed E-state index contributed by atoms with van der Waals surface area (Å²) in [5.74, 6) is 0.951. The van der Waals surface area contributed by atoms with Gasteiger partial charge in [0, 0.05) is 32.7 Å². The molecule has 0 unspecified atom stereocenters. The SMILES string of the molecule is CCc1ccc2c(=O)oc3c(OC)c(-c4ccc5c(c4)c(C)c(C)c4cc(-c6cc7c(=O)oc8c(OC)ccc9c(=O)oc(c6OC)c7c89)ccc45)cc4c(=O)oc1c2c34. The number of fused-ring (bicyclic) bond motifs is 3. The zero-order valence-electron chi connectivity index (χ0n) is 33.1. The quantitative estimate of drug-likeness (QED) is 0.117. The lowest BCUT2D eigenvalue weighted by molar-refractivity contribution is 0.406. The van der Waals surface area contributed by atoms with E-state index in [0.29, 0.717) is 67.3 Å². The fourth-order valence-corrected chi connectivity index (χ4v) is 9.32. The van der Waals surface area contributed by atoms with E-state index in [2.05, 4.69) is 0 Å². The molecule has 60 heavy (non-hydrogen) atoms. The normalized spacial score (nSPS) is 12.2. The van der Waals surface area contributed by atoms with E-state index in [1.807, 2.05) is 57.2 Å². The van der Waals surface area contributed by atoms with Crippen molar-refractivity contribution in [2.45, 2.75) is 27.2 Å². The van der Waals surface area contributed by atoms with Crippen LogP contribution in [0.4, 0.5) is 0 Å². The molecule has 0 spiro atoms. The number of hydrogen-bond donors (Lipinski definition) is 0. The fraction of sp³-hybridized carbons (Fsp3) is 0.143. The Kier molecular flexibility index (Phi) is 7.35. The average molecular weight is 797 g/mol. The van der Waals surface area contributed by atoms with Gasteiger partial charge in [-0.25, -0.2) is 19.2 Å². The number of rotatable bonds is 6. The van der Waals surface area contributed by atoms with Gasteiger partial charge >= 0.3 is 22.5 Å². The van der Waals surface area contributed by atoms with Gasteiger partial charge in [-0.3, -0.25) is 0 Å². The van der Waals surface area contributed by atoms with E-state index in [1.165, 1.54) is 21.3 Å². The Morgan fingerprint density at radius 1 is 0.433 bits per heavy atom. The van der Waals surface area contributed by atoms with Gasteiger partial charge in [0.2, 0.25) is 0 Å². The number of ether oxygens (including phenoxy) is 3. The Morgan fingerprint density at radius 2 is 0.850 bits per heavy atom. The van der Waals surface area contributed by atoms with Crippen molar-refractivity contribution in [3.05, 3.63) is 131 Å². The van der Waals surface area contributed by atoms with E-state index >= 15 is 0 Å². The van der Waals surface area contributed by atoms with Crippen molar-refractivity contribution in [1.29, 1.82) is 0 Å². The molecule has 0 radical (unpaired) electrons. The molecular weight excluding hydrogens is 765 g/mol. The van der Waals surface area contributed by atoms with Crippen molar-refractivity contribution >= 4 is 87.0 Å². The van der Waals surface area contributed by atoms with E-state index in [4.69, 9.17) is 31.9 Å². The van der Waals surface area contributed by atoms with Crippen LogP contribution in [-0.2, 0) is 6.42 Å². The van der Waals surface area contributed by atoms with Gasteiger partial charge in [0.15, 0.2) is 34.0 Å². The molecule has 0 bridgehead atoms. The standard InChI is InChI=1S/C49H32O11/c1-7-22-8-13-27-36-38-33(48(52)57-40(22)36)18-31(41(55-5)44(38)59-46(27)50)23-9-11-25-26-12-10-24(17-30(26)21(3)20(2)29(25)16-23)32-19-34-39-37-28(47(51)60-45(39)42(32)56-6)14-15-35(54-4)43(37)58-49(34)53/h8-19H,7H2,1-6H3. The second-order valence-corrected chi connectivity index (χ2v) is 15.1. The maximum absolute atomic E-state index is 13.6. The Bertz CT molecular complexity index is 3680. The molecule has 11 nitrogen and oxygen atoms in total. The molecule has 11 aromatic rings. The smallest absolute Gasteiger partial charge is 0.344 e. The largest absolute Gasteiger partial charge is 0.493 e. The summed E-state index contributed by atoms with van der Waals surface area (Å²) < 4.78 is 40.9. The van der Waals surface area contributed by atoms with E-state index in [9.17, 15) is 19.2 Å². The lowest BCUT2D eigenvalue weighted by Crippen LogP contribution is -2.09. The van der Waals surface area contributed by atoms with Crippen LogP contribution >= 0.6 is 0 Å². The maximum atomic E-state index is 13.6. The lowest BCUT2D eigenvalue weighted by atomic mass is 9.88. The Morgan fingerprint density at radius 3 is 1.33 bits per heavy atom. The lowest BCUT2D eigenvalue weighted by Gasteiger charge is -2.18. The summed E-state index contributed by atoms with van der Waals surface area (Å²) in [4.78, 5) is 54.0. The zero-order valence-corrected chi connectivity index (χ0v) is 33.1. The van der Waals surface area contributed by atoms with Gasteiger partial charge in [-0.15, -0.1) is 0 Å². The summed E-state index contributed by atoms with van der Waals surface area (Å²) >= 11 is 0. The topological polar surface area (TPSA) is 149 Å². The first kappa shape index (κ1) is 35.5. The summed E-state index contributed by atoms with van der Waals surface area (Å²) in [6.07, 6.45) is 0.611. The molecule has 7 aromatic carbocycles. The molecule has 0 saturated carbocycles. The third kappa shape index (κ3) is 4.54. The summed E-state index contributed by atoms with van der Waals surface area (Å²) in [5.41, 5.74) is 3.98. The van der Waals surface area contributed by atoms with E-state index in [-0.39, 0.29) is 32.9 Å². The molecule has 0 saturated heterocycles. The molecule has 0 fully saturated rings. The molecule has 0 N–H and O–H groups in total. The van der Waals surface area contributed by atoms with Crippen molar-refractivity contribution in [3.8, 4) is 39.5 Å². The molecular formula is C49H32O11. The van der Waals surface area contributed by atoms with Crippen LogP contribution in [0, 0.1) is 13.8 Å². The highest BCUT2D eigenvalue weighted by atomic mass is 16.5.